The second-order valence-corrected chi connectivity index (χ2v) is 5.35. The fourth-order valence-corrected chi connectivity index (χ4v) is 2.40. The summed E-state index contributed by atoms with van der Waals surface area (Å²) in [7, 11) is 1.76. The lowest BCUT2D eigenvalue weighted by molar-refractivity contribution is -0.138. The summed E-state index contributed by atoms with van der Waals surface area (Å²) in [5.74, 6) is -0.364. The van der Waals surface area contributed by atoms with Crippen LogP contribution in [0.5, 0.6) is 5.75 Å². The van der Waals surface area contributed by atoms with E-state index in [4.69, 9.17) is 15.9 Å². The van der Waals surface area contributed by atoms with Crippen molar-refractivity contribution in [3.8, 4) is 5.75 Å². The highest BCUT2D eigenvalue weighted by atomic mass is 16.5. The highest BCUT2D eigenvalue weighted by molar-refractivity contribution is 5.95. The number of anilines is 2. The number of hydrogen-bond donors (Lipinski definition) is 5. The third-order valence-electron chi connectivity index (χ3n) is 3.66. The van der Waals surface area contributed by atoms with Crippen molar-refractivity contribution in [3.05, 3.63) is 53.6 Å². The molecule has 1 atom stereocenters. The average molecular weight is 342 g/mol. The van der Waals surface area contributed by atoms with Crippen LogP contribution in [0.4, 0.5) is 11.4 Å². The zero-order chi connectivity index (χ0) is 18.4. The number of amidine groups is 1. The molecular weight excluding hydrogens is 320 g/mol. The Morgan fingerprint density at radius 1 is 1.28 bits per heavy atom. The lowest BCUT2D eigenvalue weighted by Crippen LogP contribution is -2.21. The number of hydrogen-bond acceptors (Lipinski definition) is 5. The minimum atomic E-state index is -0.998. The SMILES string of the molecule is CCOc1ccc(C(Nc2ccc(C(=N)N)cc2)C(=O)O)cc1NC. The van der Waals surface area contributed by atoms with Crippen molar-refractivity contribution in [1.29, 1.82) is 5.41 Å². The second-order valence-electron chi connectivity index (χ2n) is 5.35. The number of nitrogens with two attached hydrogens (primary N) is 1. The quantitative estimate of drug-likeness (QED) is 0.371. The molecule has 0 aromatic heterocycles. The van der Waals surface area contributed by atoms with Crippen LogP contribution in [0, 0.1) is 5.41 Å². The maximum absolute atomic E-state index is 11.7. The van der Waals surface area contributed by atoms with Crippen molar-refractivity contribution in [3.63, 3.8) is 0 Å². The van der Waals surface area contributed by atoms with E-state index in [1.165, 1.54) is 0 Å². The van der Waals surface area contributed by atoms with Crippen LogP contribution in [0.25, 0.3) is 0 Å². The van der Waals surface area contributed by atoms with E-state index >= 15 is 0 Å². The highest BCUT2D eigenvalue weighted by Gasteiger charge is 2.21. The van der Waals surface area contributed by atoms with Crippen molar-refractivity contribution in [2.75, 3.05) is 24.3 Å². The molecule has 0 aliphatic carbocycles. The molecule has 0 aliphatic heterocycles. The summed E-state index contributed by atoms with van der Waals surface area (Å²) in [6.45, 7) is 2.41. The van der Waals surface area contributed by atoms with Crippen LogP contribution in [0.15, 0.2) is 42.5 Å². The fourth-order valence-electron chi connectivity index (χ4n) is 2.40. The van der Waals surface area contributed by atoms with Gasteiger partial charge in [0.15, 0.2) is 6.04 Å². The van der Waals surface area contributed by atoms with Crippen LogP contribution in [0.3, 0.4) is 0 Å². The molecule has 25 heavy (non-hydrogen) atoms. The van der Waals surface area contributed by atoms with Crippen LogP contribution in [-0.2, 0) is 4.79 Å². The summed E-state index contributed by atoms with van der Waals surface area (Å²) in [5, 5.41) is 23.0. The summed E-state index contributed by atoms with van der Waals surface area (Å²) in [5.41, 5.74) is 7.94. The zero-order valence-electron chi connectivity index (χ0n) is 14.2. The van der Waals surface area contributed by atoms with E-state index < -0.39 is 12.0 Å². The molecule has 0 aliphatic rings. The lowest BCUT2D eigenvalue weighted by Gasteiger charge is -2.19. The van der Waals surface area contributed by atoms with Crippen molar-refractivity contribution in [2.45, 2.75) is 13.0 Å². The van der Waals surface area contributed by atoms with Crippen LogP contribution in [0.1, 0.15) is 24.1 Å². The molecule has 132 valence electrons. The Labute approximate surface area is 146 Å². The molecule has 2 rings (SSSR count). The summed E-state index contributed by atoms with van der Waals surface area (Å²) in [6, 6.07) is 11.0. The standard InChI is InChI=1S/C18H22N4O3/c1-3-25-15-9-6-12(10-14(15)21-2)16(18(23)24)22-13-7-4-11(5-8-13)17(19)20/h4-10,16,21-22H,3H2,1-2H3,(H3,19,20)(H,23,24). The van der Waals surface area contributed by atoms with Gasteiger partial charge >= 0.3 is 5.97 Å². The molecule has 2 aromatic rings. The fraction of sp³-hybridized carbons (Fsp3) is 0.222. The van der Waals surface area contributed by atoms with Gasteiger partial charge in [0, 0.05) is 18.3 Å². The molecule has 0 heterocycles. The van der Waals surface area contributed by atoms with Crippen LogP contribution < -0.4 is 21.1 Å². The topological polar surface area (TPSA) is 120 Å². The minimum Gasteiger partial charge on any atom is -0.492 e. The van der Waals surface area contributed by atoms with E-state index in [2.05, 4.69) is 10.6 Å². The Hall–Kier alpha value is -3.22. The van der Waals surface area contributed by atoms with Crippen LogP contribution in [-0.4, -0.2) is 30.6 Å². The molecule has 7 heteroatoms. The van der Waals surface area contributed by atoms with Crippen molar-refractivity contribution >= 4 is 23.2 Å². The van der Waals surface area contributed by atoms with Crippen LogP contribution in [0.2, 0.25) is 0 Å². The van der Waals surface area contributed by atoms with Gasteiger partial charge in [0.2, 0.25) is 0 Å². The minimum absolute atomic E-state index is 0.0356. The first kappa shape index (κ1) is 18.1. The smallest absolute Gasteiger partial charge is 0.330 e. The molecule has 0 spiro atoms. The van der Waals surface area contributed by atoms with Gasteiger partial charge in [-0.15, -0.1) is 0 Å². The van der Waals surface area contributed by atoms with E-state index in [-0.39, 0.29) is 5.84 Å². The molecule has 0 radical (unpaired) electrons. The summed E-state index contributed by atoms with van der Waals surface area (Å²) in [6.07, 6.45) is 0. The molecule has 0 fully saturated rings. The molecule has 6 N–H and O–H groups in total. The summed E-state index contributed by atoms with van der Waals surface area (Å²) in [4.78, 5) is 11.7. The largest absolute Gasteiger partial charge is 0.492 e. The van der Waals surface area contributed by atoms with Gasteiger partial charge in [-0.2, -0.15) is 0 Å². The maximum Gasteiger partial charge on any atom is 0.330 e. The lowest BCUT2D eigenvalue weighted by atomic mass is 10.0. The number of carboxylic acid groups (broad SMARTS) is 1. The predicted molar refractivity (Wildman–Crippen MR) is 98.6 cm³/mol. The van der Waals surface area contributed by atoms with E-state index in [0.717, 1.165) is 5.69 Å². The first-order valence-electron chi connectivity index (χ1n) is 7.84. The number of benzene rings is 2. The first-order chi connectivity index (χ1) is 12.0. The van der Waals surface area contributed by atoms with Gasteiger partial charge < -0.3 is 26.2 Å². The summed E-state index contributed by atoms with van der Waals surface area (Å²) < 4.78 is 5.51. The van der Waals surface area contributed by atoms with Gasteiger partial charge in [-0.25, -0.2) is 4.79 Å². The number of nitrogens with one attached hydrogen (secondary N) is 3. The number of ether oxygens (including phenoxy) is 1. The second kappa shape index (κ2) is 8.05. The van der Waals surface area contributed by atoms with E-state index in [1.807, 2.05) is 6.92 Å². The molecule has 0 bridgehead atoms. The van der Waals surface area contributed by atoms with Crippen LogP contribution >= 0.6 is 0 Å². The van der Waals surface area contributed by atoms with E-state index in [9.17, 15) is 9.90 Å². The molecule has 0 saturated heterocycles. The molecule has 0 saturated carbocycles. The predicted octanol–water partition coefficient (Wildman–Crippen LogP) is 2.65. The monoisotopic (exact) mass is 342 g/mol. The molecule has 2 aromatic carbocycles. The number of carbonyl (C=O) groups is 1. The Balaban J connectivity index is 2.28. The van der Waals surface area contributed by atoms with Gasteiger partial charge in [0.25, 0.3) is 0 Å². The molecular formula is C18H22N4O3. The molecule has 7 nitrogen and oxygen atoms in total. The zero-order valence-corrected chi connectivity index (χ0v) is 14.2. The van der Waals surface area contributed by atoms with Crippen molar-refractivity contribution in [1.82, 2.24) is 0 Å². The van der Waals surface area contributed by atoms with Gasteiger partial charge in [0.1, 0.15) is 11.6 Å². The Morgan fingerprint density at radius 2 is 1.96 bits per heavy atom. The maximum atomic E-state index is 11.7. The van der Waals surface area contributed by atoms with Gasteiger partial charge in [-0.05, 0) is 48.9 Å². The molecule has 1 unspecified atom stereocenters. The molecule has 0 amide bonds. The van der Waals surface area contributed by atoms with Gasteiger partial charge in [-0.3, -0.25) is 5.41 Å². The number of nitrogen functional groups attached to an aromatic ring is 1. The number of aliphatic carboxylic acids is 1. The van der Waals surface area contributed by atoms with E-state index in [0.29, 0.717) is 29.2 Å². The first-order valence-corrected chi connectivity index (χ1v) is 7.84. The number of carboxylic acids is 1. The van der Waals surface area contributed by atoms with Gasteiger partial charge in [0.05, 0.1) is 12.3 Å². The number of rotatable bonds is 8. The average Bonchev–Trinajstić information content (AvgIpc) is 2.60. The third-order valence-corrected chi connectivity index (χ3v) is 3.66. The Bertz CT molecular complexity index is 759. The van der Waals surface area contributed by atoms with Crippen molar-refractivity contribution < 1.29 is 14.6 Å². The van der Waals surface area contributed by atoms with Gasteiger partial charge in [-0.1, -0.05) is 6.07 Å². The highest BCUT2D eigenvalue weighted by Crippen LogP contribution is 2.29. The normalized spacial score (nSPS) is 11.4. The van der Waals surface area contributed by atoms with Crippen molar-refractivity contribution in [2.24, 2.45) is 5.73 Å². The Morgan fingerprint density at radius 3 is 2.48 bits per heavy atom. The third kappa shape index (κ3) is 4.41. The summed E-state index contributed by atoms with van der Waals surface area (Å²) >= 11 is 0. The Kier molecular flexibility index (Phi) is 5.84. The van der Waals surface area contributed by atoms with E-state index in [1.54, 1.807) is 49.5 Å².